The van der Waals surface area contributed by atoms with E-state index in [1.807, 2.05) is 30.3 Å². The van der Waals surface area contributed by atoms with Gasteiger partial charge in [0.15, 0.2) is 5.84 Å². The molecule has 0 aliphatic rings. The Bertz CT molecular complexity index is 673. The number of amidine groups is 1. The molecule has 0 aliphatic carbocycles. The van der Waals surface area contributed by atoms with Gasteiger partial charge < -0.3 is 10.6 Å². The molecule has 0 bridgehead atoms. The van der Waals surface area contributed by atoms with E-state index in [1.54, 1.807) is 12.1 Å². The van der Waals surface area contributed by atoms with E-state index in [0.29, 0.717) is 15.6 Å². The van der Waals surface area contributed by atoms with Crippen molar-refractivity contribution in [3.63, 3.8) is 0 Å². The first kappa shape index (κ1) is 15.4. The SMILES string of the molecule is N/C(=N\OC(=O)Cc1ccccc1)c1ccc(Cl)cc1Cl. The van der Waals surface area contributed by atoms with E-state index in [-0.39, 0.29) is 12.3 Å². The molecule has 6 heteroatoms. The molecule has 0 amide bonds. The molecule has 108 valence electrons. The van der Waals surface area contributed by atoms with Gasteiger partial charge in [0, 0.05) is 10.6 Å². The number of nitrogens with two attached hydrogens (primary N) is 1. The Balaban J connectivity index is 2.01. The van der Waals surface area contributed by atoms with Gasteiger partial charge in [0.1, 0.15) is 0 Å². The monoisotopic (exact) mass is 322 g/mol. The third-order valence-electron chi connectivity index (χ3n) is 2.64. The minimum absolute atomic E-state index is 0.0121. The van der Waals surface area contributed by atoms with Gasteiger partial charge in [-0.05, 0) is 23.8 Å². The Morgan fingerprint density at radius 3 is 2.52 bits per heavy atom. The zero-order valence-corrected chi connectivity index (χ0v) is 12.4. The lowest BCUT2D eigenvalue weighted by molar-refractivity contribution is -0.142. The van der Waals surface area contributed by atoms with Gasteiger partial charge in [-0.25, -0.2) is 4.79 Å². The number of carbonyl (C=O) groups excluding carboxylic acids is 1. The number of hydrogen-bond acceptors (Lipinski definition) is 3. The Morgan fingerprint density at radius 2 is 1.86 bits per heavy atom. The van der Waals surface area contributed by atoms with E-state index in [1.165, 1.54) is 6.07 Å². The summed E-state index contributed by atoms with van der Waals surface area (Å²) in [5.41, 5.74) is 7.02. The Kier molecular flexibility index (Phi) is 5.20. The van der Waals surface area contributed by atoms with Crippen LogP contribution >= 0.6 is 23.2 Å². The summed E-state index contributed by atoms with van der Waals surface area (Å²) in [5, 5.41) is 4.42. The average molecular weight is 323 g/mol. The van der Waals surface area contributed by atoms with Crippen LogP contribution in [0.5, 0.6) is 0 Å². The number of rotatable bonds is 4. The van der Waals surface area contributed by atoms with Gasteiger partial charge in [-0.15, -0.1) is 0 Å². The normalized spacial score (nSPS) is 11.2. The van der Waals surface area contributed by atoms with Crippen molar-refractivity contribution in [1.29, 1.82) is 0 Å². The highest BCUT2D eigenvalue weighted by molar-refractivity contribution is 6.36. The quantitative estimate of drug-likeness (QED) is 0.406. The van der Waals surface area contributed by atoms with E-state index in [4.69, 9.17) is 33.8 Å². The van der Waals surface area contributed by atoms with Crippen molar-refractivity contribution in [1.82, 2.24) is 0 Å². The van der Waals surface area contributed by atoms with Crippen molar-refractivity contribution < 1.29 is 9.63 Å². The van der Waals surface area contributed by atoms with Gasteiger partial charge in [0.2, 0.25) is 0 Å². The van der Waals surface area contributed by atoms with Crippen molar-refractivity contribution in [2.75, 3.05) is 0 Å². The second-order valence-electron chi connectivity index (χ2n) is 4.23. The van der Waals surface area contributed by atoms with Crippen molar-refractivity contribution in [3.8, 4) is 0 Å². The molecule has 0 atom stereocenters. The van der Waals surface area contributed by atoms with E-state index in [0.717, 1.165) is 5.56 Å². The van der Waals surface area contributed by atoms with Gasteiger partial charge in [-0.1, -0.05) is 58.7 Å². The van der Waals surface area contributed by atoms with E-state index in [2.05, 4.69) is 5.16 Å². The molecule has 2 aromatic rings. The molecule has 0 radical (unpaired) electrons. The molecule has 0 fully saturated rings. The molecule has 0 saturated carbocycles. The summed E-state index contributed by atoms with van der Waals surface area (Å²) in [7, 11) is 0. The summed E-state index contributed by atoms with van der Waals surface area (Å²) < 4.78 is 0. The Morgan fingerprint density at radius 1 is 1.14 bits per heavy atom. The smallest absolute Gasteiger partial charge is 0.339 e. The summed E-state index contributed by atoms with van der Waals surface area (Å²) in [6.45, 7) is 0. The number of hydrogen-bond donors (Lipinski definition) is 1. The highest BCUT2D eigenvalue weighted by atomic mass is 35.5. The molecule has 2 N–H and O–H groups in total. The second-order valence-corrected chi connectivity index (χ2v) is 5.07. The van der Waals surface area contributed by atoms with E-state index < -0.39 is 5.97 Å². The maximum absolute atomic E-state index is 11.6. The van der Waals surface area contributed by atoms with Crippen LogP contribution in [-0.4, -0.2) is 11.8 Å². The lowest BCUT2D eigenvalue weighted by Crippen LogP contribution is -2.16. The van der Waals surface area contributed by atoms with Crippen molar-refractivity contribution in [3.05, 3.63) is 69.7 Å². The molecule has 21 heavy (non-hydrogen) atoms. The van der Waals surface area contributed by atoms with E-state index >= 15 is 0 Å². The molecular weight excluding hydrogens is 311 g/mol. The van der Waals surface area contributed by atoms with Gasteiger partial charge in [0.25, 0.3) is 0 Å². The highest BCUT2D eigenvalue weighted by Gasteiger charge is 2.08. The molecule has 0 aromatic heterocycles. The second kappa shape index (κ2) is 7.11. The summed E-state index contributed by atoms with van der Waals surface area (Å²) in [4.78, 5) is 16.4. The van der Waals surface area contributed by atoms with E-state index in [9.17, 15) is 4.79 Å². The molecule has 2 aromatic carbocycles. The van der Waals surface area contributed by atoms with Gasteiger partial charge in [-0.2, -0.15) is 0 Å². The third-order valence-corrected chi connectivity index (χ3v) is 3.19. The van der Waals surface area contributed by atoms with Crippen LogP contribution in [0.4, 0.5) is 0 Å². The fourth-order valence-electron chi connectivity index (χ4n) is 1.64. The molecular formula is C15H12Cl2N2O2. The molecule has 0 spiro atoms. The van der Waals surface area contributed by atoms with Gasteiger partial charge in [-0.3, -0.25) is 0 Å². The Labute approximate surface area is 132 Å². The highest BCUT2D eigenvalue weighted by Crippen LogP contribution is 2.20. The number of halogens is 2. The number of oxime groups is 1. The summed E-state index contributed by atoms with van der Waals surface area (Å²) in [6.07, 6.45) is 0.117. The van der Waals surface area contributed by atoms with Crippen LogP contribution in [0.15, 0.2) is 53.7 Å². The Hall–Kier alpha value is -2.04. The predicted molar refractivity (Wildman–Crippen MR) is 83.4 cm³/mol. The van der Waals surface area contributed by atoms with Crippen LogP contribution in [0.3, 0.4) is 0 Å². The largest absolute Gasteiger partial charge is 0.380 e. The zero-order chi connectivity index (χ0) is 15.2. The number of carbonyl (C=O) groups is 1. The van der Waals surface area contributed by atoms with Crippen LogP contribution in [0.25, 0.3) is 0 Å². The molecule has 4 nitrogen and oxygen atoms in total. The maximum Gasteiger partial charge on any atom is 0.339 e. The van der Waals surface area contributed by atoms with Gasteiger partial charge in [0.05, 0.1) is 11.4 Å². The van der Waals surface area contributed by atoms with Crippen LogP contribution in [0.1, 0.15) is 11.1 Å². The number of benzene rings is 2. The predicted octanol–water partition coefficient (Wildman–Crippen LogP) is 3.40. The molecule has 0 saturated heterocycles. The first-order chi connectivity index (χ1) is 10.1. The summed E-state index contributed by atoms with van der Waals surface area (Å²) in [6, 6.07) is 14.0. The number of nitrogens with zero attached hydrogens (tertiary/aromatic N) is 1. The minimum atomic E-state index is -0.505. The standard InChI is InChI=1S/C15H12Cl2N2O2/c16-11-6-7-12(13(17)9-11)15(18)19-21-14(20)8-10-4-2-1-3-5-10/h1-7,9H,8H2,(H2,18,19). The van der Waals surface area contributed by atoms with Crippen molar-refractivity contribution in [2.45, 2.75) is 6.42 Å². The van der Waals surface area contributed by atoms with Crippen molar-refractivity contribution >= 4 is 35.0 Å². The average Bonchev–Trinajstić information content (AvgIpc) is 2.46. The fourth-order valence-corrected chi connectivity index (χ4v) is 2.15. The molecule has 2 rings (SSSR count). The summed E-state index contributed by atoms with van der Waals surface area (Å²) >= 11 is 11.8. The molecule has 0 heterocycles. The third kappa shape index (κ3) is 4.48. The van der Waals surface area contributed by atoms with Crippen LogP contribution < -0.4 is 5.73 Å². The topological polar surface area (TPSA) is 64.7 Å². The molecule has 0 unspecified atom stereocenters. The lowest BCUT2D eigenvalue weighted by atomic mass is 10.2. The van der Waals surface area contributed by atoms with Crippen LogP contribution in [0, 0.1) is 0 Å². The van der Waals surface area contributed by atoms with Crippen molar-refractivity contribution in [2.24, 2.45) is 10.9 Å². The van der Waals surface area contributed by atoms with Gasteiger partial charge >= 0.3 is 5.97 Å². The lowest BCUT2D eigenvalue weighted by Gasteiger charge is -2.04. The van der Waals surface area contributed by atoms with Crippen LogP contribution in [-0.2, 0) is 16.1 Å². The molecule has 0 aliphatic heterocycles. The first-order valence-electron chi connectivity index (χ1n) is 6.09. The fraction of sp³-hybridized carbons (Fsp3) is 0.0667. The zero-order valence-electron chi connectivity index (χ0n) is 10.9. The minimum Gasteiger partial charge on any atom is -0.380 e. The van der Waals surface area contributed by atoms with Crippen LogP contribution in [0.2, 0.25) is 10.0 Å². The maximum atomic E-state index is 11.6. The first-order valence-corrected chi connectivity index (χ1v) is 6.84. The summed E-state index contributed by atoms with van der Waals surface area (Å²) in [5.74, 6) is -0.493.